The Balaban J connectivity index is 1.49. The van der Waals surface area contributed by atoms with E-state index in [4.69, 9.17) is 8.83 Å². The number of rotatable bonds is 4. The van der Waals surface area contributed by atoms with Crippen molar-refractivity contribution in [1.29, 1.82) is 0 Å². The van der Waals surface area contributed by atoms with Crippen LogP contribution in [0.4, 0.5) is 6.01 Å². The van der Waals surface area contributed by atoms with E-state index in [1.54, 1.807) is 12.1 Å². The summed E-state index contributed by atoms with van der Waals surface area (Å²) in [5.41, 5.74) is 2.18. The molecule has 0 saturated carbocycles. The fourth-order valence-corrected chi connectivity index (χ4v) is 2.69. The van der Waals surface area contributed by atoms with E-state index in [-0.39, 0.29) is 11.9 Å². The number of anilines is 1. The molecule has 26 heavy (non-hydrogen) atoms. The van der Waals surface area contributed by atoms with Crippen LogP contribution in [-0.2, 0) is 0 Å². The Kier molecular flexibility index (Phi) is 3.89. The molecule has 0 fully saturated rings. The summed E-state index contributed by atoms with van der Waals surface area (Å²) in [6.45, 7) is 3.66. The maximum absolute atomic E-state index is 12.4. The molecule has 7 nitrogen and oxygen atoms in total. The molecule has 1 N–H and O–H groups in total. The standard InChI is InChI=1S/C19H16N4O3/c1-12-11-16(13(2)25-12)18-21-22-19(26-18)20-17(24)14-5-7-15(8-6-14)23-9-3-4-10-23/h3-11H,1-2H3,(H,20,22,24). The Hall–Kier alpha value is -3.61. The van der Waals surface area contributed by atoms with Crippen molar-refractivity contribution in [3.63, 3.8) is 0 Å². The van der Waals surface area contributed by atoms with Gasteiger partial charge in [-0.2, -0.15) is 0 Å². The molecule has 0 bridgehead atoms. The van der Waals surface area contributed by atoms with Crippen LogP contribution in [0, 0.1) is 13.8 Å². The van der Waals surface area contributed by atoms with E-state index in [1.165, 1.54) is 0 Å². The first-order chi connectivity index (χ1) is 12.6. The van der Waals surface area contributed by atoms with E-state index >= 15 is 0 Å². The van der Waals surface area contributed by atoms with Crippen molar-refractivity contribution in [1.82, 2.24) is 14.8 Å². The highest BCUT2D eigenvalue weighted by atomic mass is 16.4. The number of nitrogens with zero attached hydrogens (tertiary/aromatic N) is 3. The Labute approximate surface area is 149 Å². The van der Waals surface area contributed by atoms with Crippen LogP contribution in [0.25, 0.3) is 17.1 Å². The number of nitrogens with one attached hydrogen (secondary N) is 1. The molecule has 0 unspecified atom stereocenters. The van der Waals surface area contributed by atoms with E-state index in [0.717, 1.165) is 11.4 Å². The molecule has 3 aromatic heterocycles. The number of furan rings is 1. The quantitative estimate of drug-likeness (QED) is 0.603. The van der Waals surface area contributed by atoms with Crippen LogP contribution >= 0.6 is 0 Å². The summed E-state index contributed by atoms with van der Waals surface area (Å²) in [5, 5.41) is 10.4. The smallest absolute Gasteiger partial charge is 0.322 e. The van der Waals surface area contributed by atoms with E-state index in [2.05, 4.69) is 15.5 Å². The Morgan fingerprint density at radius 3 is 2.42 bits per heavy atom. The molecule has 4 rings (SSSR count). The summed E-state index contributed by atoms with van der Waals surface area (Å²) in [5.74, 6) is 1.42. The van der Waals surface area contributed by atoms with Gasteiger partial charge in [-0.25, -0.2) is 0 Å². The zero-order chi connectivity index (χ0) is 18.1. The highest BCUT2D eigenvalue weighted by molar-refractivity contribution is 6.03. The molecule has 1 aromatic carbocycles. The second kappa shape index (κ2) is 6.36. The van der Waals surface area contributed by atoms with Crippen LogP contribution in [0.3, 0.4) is 0 Å². The van der Waals surface area contributed by atoms with Gasteiger partial charge in [0.15, 0.2) is 0 Å². The Morgan fingerprint density at radius 2 is 1.77 bits per heavy atom. The van der Waals surface area contributed by atoms with Gasteiger partial charge in [-0.15, -0.1) is 5.10 Å². The van der Waals surface area contributed by atoms with Gasteiger partial charge in [0.2, 0.25) is 0 Å². The van der Waals surface area contributed by atoms with Crippen LogP contribution in [0.2, 0.25) is 0 Å². The van der Waals surface area contributed by atoms with E-state index in [0.29, 0.717) is 22.8 Å². The highest BCUT2D eigenvalue weighted by Crippen LogP contribution is 2.26. The van der Waals surface area contributed by atoms with Crippen LogP contribution in [0.1, 0.15) is 21.9 Å². The third kappa shape index (κ3) is 3.02. The summed E-state index contributed by atoms with van der Waals surface area (Å²) in [4.78, 5) is 12.4. The maximum atomic E-state index is 12.4. The van der Waals surface area contributed by atoms with Crippen molar-refractivity contribution in [3.05, 3.63) is 71.9 Å². The number of hydrogen-bond donors (Lipinski definition) is 1. The van der Waals surface area contributed by atoms with Crippen molar-refractivity contribution in [2.24, 2.45) is 0 Å². The summed E-state index contributed by atoms with van der Waals surface area (Å²) in [6, 6.07) is 13.0. The molecule has 0 atom stereocenters. The lowest BCUT2D eigenvalue weighted by atomic mass is 10.2. The number of hydrogen-bond acceptors (Lipinski definition) is 5. The number of aromatic nitrogens is 3. The molecule has 7 heteroatoms. The fourth-order valence-electron chi connectivity index (χ4n) is 2.69. The lowest BCUT2D eigenvalue weighted by Gasteiger charge is -2.04. The maximum Gasteiger partial charge on any atom is 0.322 e. The Bertz CT molecular complexity index is 1040. The zero-order valence-corrected chi connectivity index (χ0v) is 14.3. The van der Waals surface area contributed by atoms with E-state index in [1.807, 2.05) is 61.1 Å². The van der Waals surface area contributed by atoms with Crippen molar-refractivity contribution in [2.45, 2.75) is 13.8 Å². The van der Waals surface area contributed by atoms with Gasteiger partial charge in [-0.1, -0.05) is 5.10 Å². The number of amides is 1. The molecule has 0 aliphatic heterocycles. The summed E-state index contributed by atoms with van der Waals surface area (Å²) in [7, 11) is 0. The van der Waals surface area contributed by atoms with Gasteiger partial charge in [-0.3, -0.25) is 10.1 Å². The minimum Gasteiger partial charge on any atom is -0.466 e. The zero-order valence-electron chi connectivity index (χ0n) is 14.3. The molecule has 0 saturated heterocycles. The molecular formula is C19H16N4O3. The molecule has 0 radical (unpaired) electrons. The first-order valence-electron chi connectivity index (χ1n) is 8.06. The first-order valence-corrected chi connectivity index (χ1v) is 8.06. The van der Waals surface area contributed by atoms with Crippen LogP contribution in [-0.4, -0.2) is 20.7 Å². The van der Waals surface area contributed by atoms with Gasteiger partial charge in [0.25, 0.3) is 11.8 Å². The van der Waals surface area contributed by atoms with Crippen LogP contribution in [0.15, 0.2) is 63.7 Å². The van der Waals surface area contributed by atoms with Crippen LogP contribution < -0.4 is 5.32 Å². The topological polar surface area (TPSA) is 86.1 Å². The lowest BCUT2D eigenvalue weighted by molar-refractivity contribution is 0.102. The van der Waals surface area contributed by atoms with E-state index in [9.17, 15) is 4.79 Å². The largest absolute Gasteiger partial charge is 0.466 e. The number of aryl methyl sites for hydroxylation is 2. The third-order valence-corrected chi connectivity index (χ3v) is 3.95. The average molecular weight is 348 g/mol. The van der Waals surface area contributed by atoms with Gasteiger partial charge in [0, 0.05) is 23.6 Å². The second-order valence-electron chi connectivity index (χ2n) is 5.83. The monoisotopic (exact) mass is 348 g/mol. The van der Waals surface area contributed by atoms with E-state index < -0.39 is 0 Å². The van der Waals surface area contributed by atoms with Crippen LogP contribution in [0.5, 0.6) is 0 Å². The number of benzene rings is 1. The molecule has 0 spiro atoms. The van der Waals surface area contributed by atoms with Crippen molar-refractivity contribution in [2.75, 3.05) is 5.32 Å². The van der Waals surface area contributed by atoms with Crippen molar-refractivity contribution in [3.8, 4) is 17.1 Å². The minimum atomic E-state index is -0.320. The summed E-state index contributed by atoms with van der Waals surface area (Å²) in [6.07, 6.45) is 3.88. The average Bonchev–Trinajstić information content (AvgIpc) is 3.36. The van der Waals surface area contributed by atoms with Gasteiger partial charge in [0.1, 0.15) is 11.5 Å². The number of carbonyl (C=O) groups excluding carboxylic acids is 1. The molecule has 0 aliphatic carbocycles. The molecule has 0 aliphatic rings. The molecular weight excluding hydrogens is 332 g/mol. The molecule has 1 amide bonds. The van der Waals surface area contributed by atoms with Gasteiger partial charge < -0.3 is 13.4 Å². The van der Waals surface area contributed by atoms with Gasteiger partial charge in [0.05, 0.1) is 5.56 Å². The summed E-state index contributed by atoms with van der Waals surface area (Å²) < 4.78 is 12.9. The third-order valence-electron chi connectivity index (χ3n) is 3.95. The molecule has 130 valence electrons. The molecule has 4 aromatic rings. The minimum absolute atomic E-state index is 0.0396. The van der Waals surface area contributed by atoms with Crippen molar-refractivity contribution >= 4 is 11.9 Å². The van der Waals surface area contributed by atoms with Gasteiger partial charge in [-0.05, 0) is 56.3 Å². The second-order valence-corrected chi connectivity index (χ2v) is 5.83. The predicted molar refractivity (Wildman–Crippen MR) is 95.2 cm³/mol. The van der Waals surface area contributed by atoms with Crippen molar-refractivity contribution < 1.29 is 13.6 Å². The SMILES string of the molecule is Cc1cc(-c2nnc(NC(=O)c3ccc(-n4cccc4)cc3)o2)c(C)o1. The molecule has 3 heterocycles. The van der Waals surface area contributed by atoms with Gasteiger partial charge >= 0.3 is 6.01 Å². The normalized spacial score (nSPS) is 10.8. The predicted octanol–water partition coefficient (Wildman–Crippen LogP) is 3.99. The lowest BCUT2D eigenvalue weighted by Crippen LogP contribution is -2.12. The number of carbonyl (C=O) groups is 1. The Morgan fingerprint density at radius 1 is 1.04 bits per heavy atom. The summed E-state index contributed by atoms with van der Waals surface area (Å²) >= 11 is 0. The fraction of sp³-hybridized carbons (Fsp3) is 0.105. The highest BCUT2D eigenvalue weighted by Gasteiger charge is 2.16. The first kappa shape index (κ1) is 15.9.